The van der Waals surface area contributed by atoms with Crippen molar-refractivity contribution in [2.75, 3.05) is 0 Å². The summed E-state index contributed by atoms with van der Waals surface area (Å²) in [6.45, 7) is 21.9. The molecule has 0 saturated heterocycles. The van der Waals surface area contributed by atoms with E-state index in [1.54, 1.807) is 11.1 Å². The molecule has 0 spiro atoms. The van der Waals surface area contributed by atoms with E-state index >= 15 is 0 Å². The molecule has 0 aromatic heterocycles. The van der Waals surface area contributed by atoms with Crippen molar-refractivity contribution in [2.24, 2.45) is 22.2 Å². The number of hydrogen-bond acceptors (Lipinski definition) is 0. The first-order chi connectivity index (χ1) is 9.33. The predicted octanol–water partition coefficient (Wildman–Crippen LogP) is 6.24. The molecular weight excluding hydrogens is 252 g/mol. The molecule has 1 unspecified atom stereocenters. The topological polar surface area (TPSA) is 0 Å². The SMILES string of the molecule is CC(C)(C)C1Cc2ccccc2C1(C(C)(C)C)C(C)(C)C. The van der Waals surface area contributed by atoms with Crippen molar-refractivity contribution < 1.29 is 0 Å². The lowest BCUT2D eigenvalue weighted by Gasteiger charge is -2.59. The standard InChI is InChI=1S/C21H34/c1-18(2,3)17-14-15-12-10-11-13-16(15)21(17,19(4,5)6)20(7,8)9/h10-13,17H,14H2,1-9H3. The smallest absolute Gasteiger partial charge is 0.00889 e. The maximum atomic E-state index is 2.44. The van der Waals surface area contributed by atoms with E-state index in [0.29, 0.717) is 11.3 Å². The van der Waals surface area contributed by atoms with Gasteiger partial charge in [0.25, 0.3) is 0 Å². The van der Waals surface area contributed by atoms with E-state index in [1.165, 1.54) is 6.42 Å². The summed E-state index contributed by atoms with van der Waals surface area (Å²) in [6.07, 6.45) is 1.22. The Hall–Kier alpha value is -0.780. The van der Waals surface area contributed by atoms with Crippen molar-refractivity contribution >= 4 is 0 Å². The Bertz CT molecular complexity index is 500. The maximum absolute atomic E-state index is 2.44. The Kier molecular flexibility index (Phi) is 3.64. The van der Waals surface area contributed by atoms with Gasteiger partial charge in [-0.05, 0) is 39.7 Å². The second-order valence-corrected chi connectivity index (χ2v) is 10.1. The van der Waals surface area contributed by atoms with Crippen LogP contribution in [0.15, 0.2) is 24.3 Å². The summed E-state index contributed by atoms with van der Waals surface area (Å²) >= 11 is 0. The molecule has 1 aromatic carbocycles. The third-order valence-electron chi connectivity index (χ3n) is 5.80. The van der Waals surface area contributed by atoms with Crippen LogP contribution in [-0.4, -0.2) is 0 Å². The summed E-state index contributed by atoms with van der Waals surface area (Å²) in [5.74, 6) is 0.669. The largest absolute Gasteiger partial charge is 0.0620 e. The molecule has 0 fully saturated rings. The number of benzene rings is 1. The molecule has 1 aromatic rings. The summed E-state index contributed by atoms with van der Waals surface area (Å²) < 4.78 is 0. The molecule has 0 heteroatoms. The molecule has 0 bridgehead atoms. The molecule has 0 radical (unpaired) electrons. The summed E-state index contributed by atoms with van der Waals surface area (Å²) in [7, 11) is 0. The van der Waals surface area contributed by atoms with Crippen LogP contribution in [0.1, 0.15) is 73.4 Å². The zero-order valence-electron chi connectivity index (χ0n) is 15.6. The van der Waals surface area contributed by atoms with Crippen LogP contribution < -0.4 is 0 Å². The molecule has 21 heavy (non-hydrogen) atoms. The fourth-order valence-electron chi connectivity index (χ4n) is 5.58. The Labute approximate surface area is 132 Å². The molecule has 1 atom stereocenters. The van der Waals surface area contributed by atoms with Gasteiger partial charge in [0.2, 0.25) is 0 Å². The van der Waals surface area contributed by atoms with Crippen LogP contribution >= 0.6 is 0 Å². The van der Waals surface area contributed by atoms with Gasteiger partial charge in [-0.15, -0.1) is 0 Å². The highest BCUT2D eigenvalue weighted by molar-refractivity contribution is 5.45. The van der Waals surface area contributed by atoms with Gasteiger partial charge < -0.3 is 0 Å². The van der Waals surface area contributed by atoms with E-state index in [0.717, 1.165) is 0 Å². The summed E-state index contributed by atoms with van der Waals surface area (Å²) in [6, 6.07) is 9.20. The van der Waals surface area contributed by atoms with E-state index in [9.17, 15) is 0 Å². The minimum atomic E-state index is 0.203. The first-order valence-electron chi connectivity index (χ1n) is 8.42. The van der Waals surface area contributed by atoms with Crippen LogP contribution in [0.25, 0.3) is 0 Å². The molecule has 0 nitrogen and oxygen atoms in total. The Balaban J connectivity index is 2.85. The van der Waals surface area contributed by atoms with Gasteiger partial charge in [0.15, 0.2) is 0 Å². The Morgan fingerprint density at radius 2 is 1.29 bits per heavy atom. The first-order valence-corrected chi connectivity index (χ1v) is 8.42. The Morgan fingerprint density at radius 3 is 1.71 bits per heavy atom. The minimum absolute atomic E-state index is 0.203. The highest BCUT2D eigenvalue weighted by Gasteiger charge is 2.62. The van der Waals surface area contributed by atoms with E-state index in [2.05, 4.69) is 86.6 Å². The summed E-state index contributed by atoms with van der Waals surface area (Å²) in [4.78, 5) is 0. The average Bonchev–Trinajstić information content (AvgIpc) is 2.62. The molecule has 0 heterocycles. The van der Waals surface area contributed by atoms with Crippen molar-refractivity contribution in [3.8, 4) is 0 Å². The van der Waals surface area contributed by atoms with E-state index in [1.807, 2.05) is 0 Å². The van der Waals surface area contributed by atoms with Crippen LogP contribution in [0, 0.1) is 22.2 Å². The number of rotatable bonds is 0. The van der Waals surface area contributed by atoms with Crippen molar-refractivity contribution in [3.05, 3.63) is 35.4 Å². The zero-order valence-corrected chi connectivity index (χ0v) is 15.6. The van der Waals surface area contributed by atoms with Gasteiger partial charge in [-0.2, -0.15) is 0 Å². The third kappa shape index (κ3) is 2.26. The quantitative estimate of drug-likeness (QED) is 0.530. The lowest BCUT2D eigenvalue weighted by Crippen LogP contribution is -2.56. The van der Waals surface area contributed by atoms with Crippen LogP contribution in [0.2, 0.25) is 0 Å². The lowest BCUT2D eigenvalue weighted by atomic mass is 9.45. The maximum Gasteiger partial charge on any atom is 0.00889 e. The molecule has 1 aliphatic rings. The summed E-state index contributed by atoms with van der Waals surface area (Å²) in [5, 5.41) is 0. The van der Waals surface area contributed by atoms with Crippen molar-refractivity contribution in [3.63, 3.8) is 0 Å². The van der Waals surface area contributed by atoms with Crippen LogP contribution in [0.5, 0.6) is 0 Å². The molecule has 0 N–H and O–H groups in total. The molecular formula is C21H34. The highest BCUT2D eigenvalue weighted by Crippen LogP contribution is 2.65. The van der Waals surface area contributed by atoms with Gasteiger partial charge in [-0.1, -0.05) is 86.6 Å². The number of fused-ring (bicyclic) bond motifs is 1. The summed E-state index contributed by atoms with van der Waals surface area (Å²) in [5.41, 5.74) is 4.15. The molecule has 0 aliphatic heterocycles. The van der Waals surface area contributed by atoms with Gasteiger partial charge in [0.1, 0.15) is 0 Å². The minimum Gasteiger partial charge on any atom is -0.0620 e. The highest BCUT2D eigenvalue weighted by atomic mass is 14.7. The average molecular weight is 287 g/mol. The van der Waals surface area contributed by atoms with Crippen molar-refractivity contribution in [2.45, 2.75) is 74.1 Å². The predicted molar refractivity (Wildman–Crippen MR) is 93.7 cm³/mol. The molecule has 0 amide bonds. The fraction of sp³-hybridized carbons (Fsp3) is 0.714. The Morgan fingerprint density at radius 1 is 0.810 bits per heavy atom. The molecule has 0 saturated carbocycles. The molecule has 1 aliphatic carbocycles. The zero-order chi connectivity index (χ0) is 16.3. The second-order valence-electron chi connectivity index (χ2n) is 10.1. The number of hydrogen-bond donors (Lipinski definition) is 0. The normalized spacial score (nSPS) is 22.2. The van der Waals surface area contributed by atoms with Crippen molar-refractivity contribution in [1.82, 2.24) is 0 Å². The van der Waals surface area contributed by atoms with Gasteiger partial charge >= 0.3 is 0 Å². The molecule has 118 valence electrons. The van der Waals surface area contributed by atoms with Gasteiger partial charge in [0, 0.05) is 5.41 Å². The van der Waals surface area contributed by atoms with Crippen LogP contribution in [-0.2, 0) is 11.8 Å². The van der Waals surface area contributed by atoms with Crippen molar-refractivity contribution in [1.29, 1.82) is 0 Å². The van der Waals surface area contributed by atoms with Gasteiger partial charge in [0.05, 0.1) is 0 Å². The van der Waals surface area contributed by atoms with Gasteiger partial charge in [-0.25, -0.2) is 0 Å². The van der Waals surface area contributed by atoms with E-state index in [4.69, 9.17) is 0 Å². The monoisotopic (exact) mass is 286 g/mol. The molecule has 2 rings (SSSR count). The van der Waals surface area contributed by atoms with Crippen LogP contribution in [0.4, 0.5) is 0 Å². The second kappa shape index (κ2) is 4.61. The van der Waals surface area contributed by atoms with E-state index < -0.39 is 0 Å². The fourth-order valence-corrected chi connectivity index (χ4v) is 5.58. The third-order valence-corrected chi connectivity index (χ3v) is 5.80. The first kappa shape index (κ1) is 16.6. The van der Waals surface area contributed by atoms with Gasteiger partial charge in [-0.3, -0.25) is 0 Å². The lowest BCUT2D eigenvalue weighted by molar-refractivity contribution is -0.0379. The van der Waals surface area contributed by atoms with E-state index in [-0.39, 0.29) is 16.2 Å². The van der Waals surface area contributed by atoms with Crippen LogP contribution in [0.3, 0.4) is 0 Å².